The topological polar surface area (TPSA) is 33.0 Å². The van der Waals surface area contributed by atoms with Crippen molar-refractivity contribution in [2.24, 2.45) is 0 Å². The summed E-state index contributed by atoms with van der Waals surface area (Å²) >= 11 is 0. The lowest BCUT2D eigenvalue weighted by Gasteiger charge is -2.28. The second kappa shape index (κ2) is 8.45. The number of rotatable bonds is 9. The molecule has 0 aromatic rings. The van der Waals surface area contributed by atoms with E-state index in [4.69, 9.17) is 5.26 Å². The van der Waals surface area contributed by atoms with Crippen LogP contribution in [-0.4, -0.2) is 49.5 Å². The summed E-state index contributed by atoms with van der Waals surface area (Å²) in [6, 6.07) is 1.23. The molecule has 6 atom stereocenters. The zero-order valence-electron chi connectivity index (χ0n) is 11.0. The average molecular weight is 345 g/mol. The maximum atomic E-state index is 13.2. The lowest BCUT2D eigenvalue weighted by Crippen LogP contribution is -2.51. The Kier molecular flexibility index (Phi) is 8.00. The van der Waals surface area contributed by atoms with Crippen LogP contribution in [-0.2, 0) is 4.74 Å². The lowest BCUT2D eigenvalue weighted by molar-refractivity contribution is -0.246. The number of ether oxygens (including phenoxy) is 1. The van der Waals surface area contributed by atoms with Gasteiger partial charge in [-0.2, -0.15) is 14.0 Å². The van der Waals surface area contributed by atoms with Gasteiger partial charge in [-0.05, 0) is 6.42 Å². The van der Waals surface area contributed by atoms with Crippen LogP contribution in [0.25, 0.3) is 0 Å². The van der Waals surface area contributed by atoms with Crippen LogP contribution in [0.3, 0.4) is 0 Å². The molecule has 0 radical (unpaired) electrons. The smallest absolute Gasteiger partial charge is 0.325 e. The largest absolute Gasteiger partial charge is 0.336 e. The van der Waals surface area contributed by atoms with Crippen LogP contribution in [0.5, 0.6) is 0 Å². The summed E-state index contributed by atoms with van der Waals surface area (Å²) in [5, 5.41) is 8.36. The zero-order chi connectivity index (χ0) is 17.7. The molecule has 0 aliphatic rings. The summed E-state index contributed by atoms with van der Waals surface area (Å²) in [6.45, 7) is 1.23. The molecular formula is C11H12F9NO. The van der Waals surface area contributed by atoms with Crippen LogP contribution in [0.1, 0.15) is 13.3 Å². The fourth-order valence-corrected chi connectivity index (χ4v) is 1.27. The molecular weight excluding hydrogens is 333 g/mol. The molecule has 0 rings (SSSR count). The molecule has 0 bridgehead atoms. The molecule has 0 amide bonds. The molecule has 6 unspecified atom stereocenters. The molecule has 0 aliphatic carbocycles. The Morgan fingerprint density at radius 3 is 1.82 bits per heavy atom. The van der Waals surface area contributed by atoms with E-state index in [-0.39, 0.29) is 6.42 Å². The van der Waals surface area contributed by atoms with Crippen LogP contribution in [0.15, 0.2) is 0 Å². The van der Waals surface area contributed by atoms with Crippen molar-refractivity contribution >= 4 is 0 Å². The number of halogens is 9. The number of hydrogen-bond acceptors (Lipinski definition) is 2. The molecule has 0 aromatic heterocycles. The maximum absolute atomic E-state index is 13.2. The summed E-state index contributed by atoms with van der Waals surface area (Å²) in [5.41, 5.74) is 0. The summed E-state index contributed by atoms with van der Waals surface area (Å²) < 4.78 is 119. The second-order valence-corrected chi connectivity index (χ2v) is 4.22. The Hall–Kier alpha value is -1.18. The van der Waals surface area contributed by atoms with E-state index in [0.29, 0.717) is 0 Å². The Morgan fingerprint density at radius 1 is 0.955 bits per heavy atom. The fraction of sp³-hybridized carbons (Fsp3) is 0.909. The zero-order valence-corrected chi connectivity index (χ0v) is 11.0. The molecule has 2 nitrogen and oxygen atoms in total. The minimum absolute atomic E-state index is 0.271. The first-order chi connectivity index (χ1) is 10.00. The van der Waals surface area contributed by atoms with E-state index < -0.39 is 49.5 Å². The number of nitrogens with zero attached hydrogens (tertiary/aromatic N) is 1. The van der Waals surface area contributed by atoms with Gasteiger partial charge in [0.25, 0.3) is 12.8 Å². The Bertz CT molecular complexity index is 375. The molecule has 0 aliphatic heterocycles. The third-order valence-corrected chi connectivity index (χ3v) is 2.60. The van der Waals surface area contributed by atoms with Gasteiger partial charge in [0, 0.05) is 0 Å². The number of nitriles is 1. The van der Waals surface area contributed by atoms with E-state index in [9.17, 15) is 39.5 Å². The minimum atomic E-state index is -5.31. The van der Waals surface area contributed by atoms with Gasteiger partial charge in [-0.3, -0.25) is 0 Å². The van der Waals surface area contributed by atoms with E-state index in [1.54, 1.807) is 0 Å². The standard InChI is InChI=1S/C11H12F9NO/c1-2-4(3-21)22-10(18)11(19,20)8(15)6(13)5(12)7(14)9(16)17/h4-10H,2H2,1H3. The molecule has 0 heterocycles. The van der Waals surface area contributed by atoms with Crippen LogP contribution in [0, 0.1) is 11.3 Å². The molecule has 0 N–H and O–H groups in total. The molecule has 0 fully saturated rings. The lowest BCUT2D eigenvalue weighted by atomic mass is 10.0. The summed E-state index contributed by atoms with van der Waals surface area (Å²) in [6.07, 6.45) is -26.0. The van der Waals surface area contributed by atoms with Crippen molar-refractivity contribution in [3.8, 4) is 6.07 Å². The highest BCUT2D eigenvalue weighted by atomic mass is 19.3. The van der Waals surface area contributed by atoms with Gasteiger partial charge in [-0.15, -0.1) is 0 Å². The monoisotopic (exact) mass is 345 g/mol. The van der Waals surface area contributed by atoms with Gasteiger partial charge in [-0.1, -0.05) is 6.92 Å². The maximum Gasteiger partial charge on any atom is 0.336 e. The van der Waals surface area contributed by atoms with Crippen molar-refractivity contribution in [3.63, 3.8) is 0 Å². The first-order valence-electron chi connectivity index (χ1n) is 5.92. The van der Waals surface area contributed by atoms with Crippen molar-refractivity contribution in [2.75, 3.05) is 0 Å². The van der Waals surface area contributed by atoms with Gasteiger partial charge in [0.05, 0.1) is 6.07 Å². The first kappa shape index (κ1) is 20.8. The molecule has 22 heavy (non-hydrogen) atoms. The van der Waals surface area contributed by atoms with Gasteiger partial charge < -0.3 is 4.74 Å². The van der Waals surface area contributed by atoms with E-state index in [1.165, 1.54) is 13.0 Å². The van der Waals surface area contributed by atoms with E-state index >= 15 is 0 Å². The van der Waals surface area contributed by atoms with E-state index in [1.807, 2.05) is 0 Å². The predicted octanol–water partition coefficient (Wildman–Crippen LogP) is 3.85. The third-order valence-electron chi connectivity index (χ3n) is 2.60. The highest BCUT2D eigenvalue weighted by Gasteiger charge is 2.57. The molecule has 11 heteroatoms. The van der Waals surface area contributed by atoms with Crippen LogP contribution in [0.4, 0.5) is 39.5 Å². The van der Waals surface area contributed by atoms with Crippen molar-refractivity contribution in [2.45, 2.75) is 62.8 Å². The molecule has 130 valence electrons. The fourth-order valence-electron chi connectivity index (χ4n) is 1.27. The van der Waals surface area contributed by atoms with Gasteiger partial charge in [0.1, 0.15) is 6.10 Å². The van der Waals surface area contributed by atoms with Gasteiger partial charge in [0.15, 0.2) is 18.5 Å². The number of hydrogen-bond donors (Lipinski definition) is 0. The summed E-state index contributed by atoms with van der Waals surface area (Å²) in [4.78, 5) is 0. The summed E-state index contributed by atoms with van der Waals surface area (Å²) in [7, 11) is 0. The van der Waals surface area contributed by atoms with Crippen LogP contribution >= 0.6 is 0 Å². The molecule has 0 aromatic carbocycles. The van der Waals surface area contributed by atoms with Crippen LogP contribution in [0.2, 0.25) is 0 Å². The third kappa shape index (κ3) is 4.93. The van der Waals surface area contributed by atoms with Gasteiger partial charge in [0.2, 0.25) is 6.17 Å². The summed E-state index contributed by atoms with van der Waals surface area (Å²) in [5.74, 6) is -5.31. The Labute approximate surface area is 119 Å². The quantitative estimate of drug-likeness (QED) is 0.595. The van der Waals surface area contributed by atoms with Gasteiger partial charge in [-0.25, -0.2) is 30.7 Å². The van der Waals surface area contributed by atoms with Crippen molar-refractivity contribution in [3.05, 3.63) is 0 Å². The number of alkyl halides is 9. The SMILES string of the molecule is CCC(C#N)OC(F)C(F)(F)C(F)C(F)C(F)C(F)C(F)F. The highest BCUT2D eigenvalue weighted by molar-refractivity contribution is 4.93. The minimum Gasteiger partial charge on any atom is -0.325 e. The average Bonchev–Trinajstić information content (AvgIpc) is 2.48. The van der Waals surface area contributed by atoms with Crippen molar-refractivity contribution in [1.29, 1.82) is 5.26 Å². The highest BCUT2D eigenvalue weighted by Crippen LogP contribution is 2.35. The molecule has 0 spiro atoms. The van der Waals surface area contributed by atoms with E-state index in [0.717, 1.165) is 0 Å². The normalized spacial score (nSPS) is 20.8. The first-order valence-corrected chi connectivity index (χ1v) is 5.92. The molecule has 0 saturated heterocycles. The Balaban J connectivity index is 4.99. The van der Waals surface area contributed by atoms with Crippen molar-refractivity contribution < 1.29 is 44.3 Å². The molecule has 0 saturated carbocycles. The van der Waals surface area contributed by atoms with Gasteiger partial charge >= 0.3 is 5.92 Å². The second-order valence-electron chi connectivity index (χ2n) is 4.22. The Morgan fingerprint density at radius 2 is 1.45 bits per heavy atom. The van der Waals surface area contributed by atoms with Crippen molar-refractivity contribution in [1.82, 2.24) is 0 Å². The predicted molar refractivity (Wildman–Crippen MR) is 56.2 cm³/mol. The van der Waals surface area contributed by atoms with Crippen LogP contribution < -0.4 is 0 Å². The van der Waals surface area contributed by atoms with E-state index in [2.05, 4.69) is 4.74 Å².